The Morgan fingerprint density at radius 2 is 2.35 bits per heavy atom. The molecule has 1 aromatic heterocycles. The Labute approximate surface area is 103 Å². The zero-order valence-corrected chi connectivity index (χ0v) is 10.9. The molecule has 0 spiro atoms. The van der Waals surface area contributed by atoms with Crippen LogP contribution < -0.4 is 10.6 Å². The van der Waals surface area contributed by atoms with Gasteiger partial charge < -0.3 is 10.6 Å². The lowest BCUT2D eigenvalue weighted by Gasteiger charge is -2.13. The van der Waals surface area contributed by atoms with Crippen molar-refractivity contribution < 1.29 is 4.79 Å². The molecule has 1 heterocycles. The lowest BCUT2D eigenvalue weighted by molar-refractivity contribution is -0.120. The zero-order valence-electron chi connectivity index (χ0n) is 10.9. The predicted octanol–water partition coefficient (Wildman–Crippen LogP) is 0.696. The molecule has 0 aliphatic carbocycles. The van der Waals surface area contributed by atoms with Gasteiger partial charge in [-0.15, -0.1) is 0 Å². The van der Waals surface area contributed by atoms with E-state index in [4.69, 9.17) is 0 Å². The summed E-state index contributed by atoms with van der Waals surface area (Å²) in [6, 6.07) is 0.309. The number of aromatic nitrogens is 2. The minimum absolute atomic E-state index is 0.0992. The van der Waals surface area contributed by atoms with E-state index in [1.807, 2.05) is 30.9 Å². The van der Waals surface area contributed by atoms with Gasteiger partial charge in [0.25, 0.3) is 0 Å². The number of aryl methyl sites for hydroxylation is 1. The third-order valence-electron chi connectivity index (χ3n) is 2.44. The van der Waals surface area contributed by atoms with Crippen molar-refractivity contribution in [2.45, 2.75) is 39.8 Å². The van der Waals surface area contributed by atoms with Crippen LogP contribution in [-0.4, -0.2) is 34.8 Å². The molecule has 5 heteroatoms. The smallest absolute Gasteiger partial charge is 0.221 e. The minimum Gasteiger partial charge on any atom is -0.356 e. The van der Waals surface area contributed by atoms with Crippen LogP contribution >= 0.6 is 0 Å². The minimum atomic E-state index is 0.0992. The van der Waals surface area contributed by atoms with E-state index >= 15 is 0 Å². The first-order chi connectivity index (χ1) is 8.11. The first-order valence-electron chi connectivity index (χ1n) is 6.11. The molecule has 17 heavy (non-hydrogen) atoms. The van der Waals surface area contributed by atoms with Gasteiger partial charge >= 0.3 is 0 Å². The summed E-state index contributed by atoms with van der Waals surface area (Å²) < 4.78 is 1.92. The van der Waals surface area contributed by atoms with Crippen LogP contribution in [-0.2, 0) is 11.3 Å². The van der Waals surface area contributed by atoms with Gasteiger partial charge in [-0.05, 0) is 26.3 Å². The second-order valence-electron chi connectivity index (χ2n) is 4.30. The Kier molecular flexibility index (Phi) is 5.69. The zero-order chi connectivity index (χ0) is 12.7. The van der Waals surface area contributed by atoms with E-state index in [0.717, 1.165) is 6.54 Å². The molecule has 0 bridgehead atoms. The third-order valence-corrected chi connectivity index (χ3v) is 2.44. The van der Waals surface area contributed by atoms with E-state index in [1.54, 1.807) is 0 Å². The van der Waals surface area contributed by atoms with Crippen molar-refractivity contribution in [1.82, 2.24) is 20.4 Å². The van der Waals surface area contributed by atoms with Crippen molar-refractivity contribution in [2.24, 2.45) is 0 Å². The van der Waals surface area contributed by atoms with E-state index in [1.165, 1.54) is 5.56 Å². The van der Waals surface area contributed by atoms with Gasteiger partial charge in [-0.1, -0.05) is 0 Å². The van der Waals surface area contributed by atoms with Crippen LogP contribution in [0.15, 0.2) is 12.4 Å². The number of amides is 1. The van der Waals surface area contributed by atoms with Crippen molar-refractivity contribution in [3.63, 3.8) is 0 Å². The normalized spacial score (nSPS) is 12.4. The maximum atomic E-state index is 11.2. The molecule has 0 unspecified atom stereocenters. The Hall–Kier alpha value is -1.36. The molecule has 2 N–H and O–H groups in total. The van der Waals surface area contributed by atoms with Crippen molar-refractivity contribution >= 4 is 5.91 Å². The first kappa shape index (κ1) is 13.7. The van der Waals surface area contributed by atoms with Gasteiger partial charge in [0.2, 0.25) is 5.91 Å². The standard InChI is InChI=1S/C12H22N4O/c1-4-13-12(17)5-6-14-11(3)9-16-8-10(2)7-15-16/h7-8,11,14H,4-6,9H2,1-3H3,(H,13,17)/t11-/m1/s1. The van der Waals surface area contributed by atoms with Crippen LogP contribution in [0.3, 0.4) is 0 Å². The van der Waals surface area contributed by atoms with Crippen molar-refractivity contribution in [2.75, 3.05) is 13.1 Å². The fourth-order valence-electron chi connectivity index (χ4n) is 1.63. The van der Waals surface area contributed by atoms with Gasteiger partial charge in [0.15, 0.2) is 0 Å². The molecule has 0 radical (unpaired) electrons. The molecule has 0 aliphatic rings. The van der Waals surface area contributed by atoms with Gasteiger partial charge in [-0.3, -0.25) is 9.48 Å². The first-order valence-corrected chi connectivity index (χ1v) is 6.11. The van der Waals surface area contributed by atoms with Gasteiger partial charge in [-0.2, -0.15) is 5.10 Å². The second-order valence-corrected chi connectivity index (χ2v) is 4.30. The highest BCUT2D eigenvalue weighted by Crippen LogP contribution is 1.96. The Morgan fingerprint density at radius 1 is 1.59 bits per heavy atom. The lowest BCUT2D eigenvalue weighted by Crippen LogP contribution is -2.34. The topological polar surface area (TPSA) is 59.0 Å². The third kappa shape index (κ3) is 5.49. The molecule has 5 nitrogen and oxygen atoms in total. The monoisotopic (exact) mass is 238 g/mol. The van der Waals surface area contributed by atoms with E-state index in [2.05, 4.69) is 22.7 Å². The summed E-state index contributed by atoms with van der Waals surface area (Å²) in [6.45, 7) is 8.26. The average Bonchev–Trinajstić information content (AvgIpc) is 2.64. The average molecular weight is 238 g/mol. The van der Waals surface area contributed by atoms with Gasteiger partial charge in [0, 0.05) is 31.7 Å². The largest absolute Gasteiger partial charge is 0.356 e. The molecular formula is C12H22N4O. The quantitative estimate of drug-likeness (QED) is 0.735. The molecule has 0 fully saturated rings. The number of rotatable bonds is 7. The van der Waals surface area contributed by atoms with E-state index in [0.29, 0.717) is 25.6 Å². The van der Waals surface area contributed by atoms with E-state index in [-0.39, 0.29) is 5.91 Å². The number of hydrogen-bond acceptors (Lipinski definition) is 3. The van der Waals surface area contributed by atoms with Gasteiger partial charge in [0.1, 0.15) is 0 Å². The second kappa shape index (κ2) is 7.06. The molecule has 0 saturated carbocycles. The molecule has 1 atom stereocenters. The van der Waals surface area contributed by atoms with Crippen LogP contribution in [0.4, 0.5) is 0 Å². The summed E-state index contributed by atoms with van der Waals surface area (Å²) >= 11 is 0. The molecule has 0 aromatic carbocycles. The van der Waals surface area contributed by atoms with Crippen molar-refractivity contribution in [3.05, 3.63) is 18.0 Å². The summed E-state index contributed by atoms with van der Waals surface area (Å²) in [4.78, 5) is 11.2. The van der Waals surface area contributed by atoms with Crippen LogP contribution in [0.5, 0.6) is 0 Å². The van der Waals surface area contributed by atoms with Gasteiger partial charge in [0.05, 0.1) is 12.7 Å². The number of nitrogens with zero attached hydrogens (tertiary/aromatic N) is 2. The van der Waals surface area contributed by atoms with Crippen LogP contribution in [0, 0.1) is 6.92 Å². The summed E-state index contributed by atoms with van der Waals surface area (Å²) in [7, 11) is 0. The molecule has 1 aromatic rings. The Balaban J connectivity index is 2.17. The maximum Gasteiger partial charge on any atom is 0.221 e. The fourth-order valence-corrected chi connectivity index (χ4v) is 1.63. The van der Waals surface area contributed by atoms with Crippen molar-refractivity contribution in [1.29, 1.82) is 0 Å². The predicted molar refractivity (Wildman–Crippen MR) is 67.7 cm³/mol. The van der Waals surface area contributed by atoms with E-state index in [9.17, 15) is 4.79 Å². The number of hydrogen-bond donors (Lipinski definition) is 2. The van der Waals surface area contributed by atoms with Crippen LogP contribution in [0.1, 0.15) is 25.8 Å². The number of nitrogens with one attached hydrogen (secondary N) is 2. The Morgan fingerprint density at radius 3 is 2.94 bits per heavy atom. The highest BCUT2D eigenvalue weighted by atomic mass is 16.1. The van der Waals surface area contributed by atoms with Crippen LogP contribution in [0.2, 0.25) is 0 Å². The fraction of sp³-hybridized carbons (Fsp3) is 0.667. The summed E-state index contributed by atoms with van der Waals surface area (Å²) in [5, 5.41) is 10.3. The SMILES string of the molecule is CCNC(=O)CCN[C@H](C)Cn1cc(C)cn1. The summed E-state index contributed by atoms with van der Waals surface area (Å²) in [6.07, 6.45) is 4.39. The molecule has 96 valence electrons. The van der Waals surface area contributed by atoms with E-state index < -0.39 is 0 Å². The summed E-state index contributed by atoms with van der Waals surface area (Å²) in [5.74, 6) is 0.0992. The molecule has 0 aliphatic heterocycles. The van der Waals surface area contributed by atoms with Gasteiger partial charge in [-0.25, -0.2) is 0 Å². The highest BCUT2D eigenvalue weighted by Gasteiger charge is 2.04. The lowest BCUT2D eigenvalue weighted by atomic mass is 10.3. The maximum absolute atomic E-state index is 11.2. The molecule has 0 saturated heterocycles. The molecule has 1 rings (SSSR count). The number of carbonyl (C=O) groups excluding carboxylic acids is 1. The van der Waals surface area contributed by atoms with Crippen molar-refractivity contribution in [3.8, 4) is 0 Å². The molecule has 1 amide bonds. The Bertz CT molecular complexity index is 348. The van der Waals surface area contributed by atoms with Crippen LogP contribution in [0.25, 0.3) is 0 Å². The molecular weight excluding hydrogens is 216 g/mol. The number of carbonyl (C=O) groups is 1. The summed E-state index contributed by atoms with van der Waals surface area (Å²) in [5.41, 5.74) is 1.17. The highest BCUT2D eigenvalue weighted by molar-refractivity contribution is 5.75.